The SMILES string of the molecule is Cn1cc(C23CC(C2)C3)nn1. The summed E-state index contributed by atoms with van der Waals surface area (Å²) < 4.78 is 1.80. The predicted molar refractivity (Wildman–Crippen MR) is 40.0 cm³/mol. The van der Waals surface area contributed by atoms with Crippen LogP contribution >= 0.6 is 0 Å². The van der Waals surface area contributed by atoms with Gasteiger partial charge in [0.15, 0.2) is 0 Å². The van der Waals surface area contributed by atoms with Crippen molar-refractivity contribution in [3.05, 3.63) is 11.9 Å². The molecule has 0 N–H and O–H groups in total. The highest BCUT2D eigenvalue weighted by Crippen LogP contribution is 2.64. The van der Waals surface area contributed by atoms with Crippen molar-refractivity contribution >= 4 is 0 Å². The first-order valence-electron chi connectivity index (χ1n) is 4.15. The molecule has 1 aromatic heterocycles. The van der Waals surface area contributed by atoms with E-state index in [2.05, 4.69) is 16.5 Å². The molecule has 4 rings (SSSR count). The van der Waals surface area contributed by atoms with Gasteiger partial charge in [-0.1, -0.05) is 5.21 Å². The Hall–Kier alpha value is -0.860. The second-order valence-electron chi connectivity index (χ2n) is 4.04. The molecule has 0 radical (unpaired) electrons. The zero-order chi connectivity index (χ0) is 7.47. The molecule has 3 nitrogen and oxygen atoms in total. The number of aryl methyl sites for hydroxylation is 1. The van der Waals surface area contributed by atoms with Crippen molar-refractivity contribution in [1.29, 1.82) is 0 Å². The van der Waals surface area contributed by atoms with Gasteiger partial charge in [0.1, 0.15) is 0 Å². The second-order valence-corrected chi connectivity index (χ2v) is 4.04. The Morgan fingerprint density at radius 3 is 2.64 bits per heavy atom. The molecule has 3 fully saturated rings. The van der Waals surface area contributed by atoms with Gasteiger partial charge in [0.05, 0.1) is 5.69 Å². The van der Waals surface area contributed by atoms with Gasteiger partial charge in [0, 0.05) is 18.7 Å². The van der Waals surface area contributed by atoms with Crippen molar-refractivity contribution in [2.24, 2.45) is 13.0 Å². The molecule has 0 spiro atoms. The first-order valence-corrected chi connectivity index (χ1v) is 4.15. The molecule has 1 heterocycles. The first-order chi connectivity index (χ1) is 5.28. The van der Waals surface area contributed by atoms with E-state index in [1.54, 1.807) is 4.68 Å². The third-order valence-electron chi connectivity index (χ3n) is 3.18. The van der Waals surface area contributed by atoms with E-state index in [-0.39, 0.29) is 0 Å². The van der Waals surface area contributed by atoms with Gasteiger partial charge < -0.3 is 0 Å². The zero-order valence-electron chi connectivity index (χ0n) is 6.62. The van der Waals surface area contributed by atoms with Gasteiger partial charge in [0.2, 0.25) is 0 Å². The minimum atomic E-state index is 0.485. The predicted octanol–water partition coefficient (Wildman–Crippen LogP) is 0.867. The Balaban J connectivity index is 1.99. The molecule has 0 aliphatic heterocycles. The summed E-state index contributed by atoms with van der Waals surface area (Å²) in [6, 6.07) is 0. The molecular weight excluding hydrogens is 138 g/mol. The molecule has 2 bridgehead atoms. The number of hydrogen-bond acceptors (Lipinski definition) is 2. The monoisotopic (exact) mass is 149 g/mol. The van der Waals surface area contributed by atoms with Crippen LogP contribution in [0.25, 0.3) is 0 Å². The average molecular weight is 149 g/mol. The summed E-state index contributed by atoms with van der Waals surface area (Å²) in [5.74, 6) is 1.03. The molecule has 3 aliphatic carbocycles. The molecule has 0 saturated heterocycles. The molecule has 58 valence electrons. The average Bonchev–Trinajstić information content (AvgIpc) is 2.06. The fourth-order valence-corrected chi connectivity index (χ4v) is 2.38. The summed E-state index contributed by atoms with van der Waals surface area (Å²) in [6.07, 6.45) is 6.17. The van der Waals surface area contributed by atoms with Gasteiger partial charge in [-0.25, -0.2) is 0 Å². The second kappa shape index (κ2) is 1.49. The van der Waals surface area contributed by atoms with E-state index in [0.717, 1.165) is 5.92 Å². The van der Waals surface area contributed by atoms with E-state index >= 15 is 0 Å². The lowest BCUT2D eigenvalue weighted by molar-refractivity contribution is -0.0309. The van der Waals surface area contributed by atoms with Crippen LogP contribution in [0.5, 0.6) is 0 Å². The van der Waals surface area contributed by atoms with Crippen molar-refractivity contribution < 1.29 is 0 Å². The Kier molecular flexibility index (Phi) is 0.780. The topological polar surface area (TPSA) is 30.7 Å². The van der Waals surface area contributed by atoms with Crippen molar-refractivity contribution in [3.63, 3.8) is 0 Å². The van der Waals surface area contributed by atoms with Gasteiger partial charge >= 0.3 is 0 Å². The standard InChI is InChI=1S/C8H11N3/c1-11-5-7(9-10-11)8-2-6(3-8)4-8/h5-6H,2-4H2,1H3. The molecule has 0 amide bonds. The fourth-order valence-electron chi connectivity index (χ4n) is 2.38. The van der Waals surface area contributed by atoms with Crippen LogP contribution in [-0.2, 0) is 12.5 Å². The van der Waals surface area contributed by atoms with E-state index in [1.807, 2.05) is 7.05 Å². The molecule has 3 aliphatic rings. The Morgan fingerprint density at radius 2 is 2.27 bits per heavy atom. The maximum Gasteiger partial charge on any atom is 0.0888 e. The van der Waals surface area contributed by atoms with Gasteiger partial charge in [0.25, 0.3) is 0 Å². The van der Waals surface area contributed by atoms with Crippen LogP contribution in [0.1, 0.15) is 25.0 Å². The zero-order valence-corrected chi connectivity index (χ0v) is 6.62. The van der Waals surface area contributed by atoms with Crippen LogP contribution in [0.15, 0.2) is 6.20 Å². The summed E-state index contributed by atoms with van der Waals surface area (Å²) in [6.45, 7) is 0. The normalized spacial score (nSPS) is 39.5. The Labute approximate surface area is 65.4 Å². The molecule has 1 aromatic rings. The van der Waals surface area contributed by atoms with Gasteiger partial charge in [-0.2, -0.15) is 0 Å². The number of nitrogens with zero attached hydrogens (tertiary/aromatic N) is 3. The molecule has 3 heteroatoms. The van der Waals surface area contributed by atoms with Crippen molar-refractivity contribution in [3.8, 4) is 0 Å². The number of hydrogen-bond donors (Lipinski definition) is 0. The highest BCUT2D eigenvalue weighted by molar-refractivity contribution is 5.27. The Morgan fingerprint density at radius 1 is 1.55 bits per heavy atom. The maximum absolute atomic E-state index is 4.16. The molecular formula is C8H11N3. The minimum absolute atomic E-state index is 0.485. The minimum Gasteiger partial charge on any atom is -0.255 e. The van der Waals surface area contributed by atoms with Crippen LogP contribution < -0.4 is 0 Å². The maximum atomic E-state index is 4.16. The Bertz CT molecular complexity index is 285. The molecule has 0 atom stereocenters. The lowest BCUT2D eigenvalue weighted by atomic mass is 9.43. The van der Waals surface area contributed by atoms with Crippen LogP contribution in [0, 0.1) is 5.92 Å². The molecule has 11 heavy (non-hydrogen) atoms. The fraction of sp³-hybridized carbons (Fsp3) is 0.750. The lowest BCUT2D eigenvalue weighted by Gasteiger charge is -2.60. The number of aromatic nitrogens is 3. The summed E-state index contributed by atoms with van der Waals surface area (Å²) in [5, 5.41) is 8.12. The van der Waals surface area contributed by atoms with E-state index < -0.39 is 0 Å². The van der Waals surface area contributed by atoms with Gasteiger partial charge in [-0.3, -0.25) is 4.68 Å². The van der Waals surface area contributed by atoms with Crippen molar-refractivity contribution in [2.45, 2.75) is 24.7 Å². The van der Waals surface area contributed by atoms with E-state index in [4.69, 9.17) is 0 Å². The first kappa shape index (κ1) is 5.75. The summed E-state index contributed by atoms with van der Waals surface area (Å²) in [7, 11) is 1.93. The highest BCUT2D eigenvalue weighted by Gasteiger charge is 2.58. The van der Waals surface area contributed by atoms with Gasteiger partial charge in [-0.15, -0.1) is 5.10 Å². The molecule has 0 unspecified atom stereocenters. The van der Waals surface area contributed by atoms with E-state index in [9.17, 15) is 0 Å². The van der Waals surface area contributed by atoms with E-state index in [1.165, 1.54) is 25.0 Å². The van der Waals surface area contributed by atoms with Crippen LogP contribution in [0.3, 0.4) is 0 Å². The third-order valence-corrected chi connectivity index (χ3v) is 3.18. The van der Waals surface area contributed by atoms with Crippen LogP contribution in [-0.4, -0.2) is 15.0 Å². The summed E-state index contributed by atoms with van der Waals surface area (Å²) >= 11 is 0. The van der Waals surface area contributed by atoms with Gasteiger partial charge in [-0.05, 0) is 25.2 Å². The quantitative estimate of drug-likeness (QED) is 0.593. The lowest BCUT2D eigenvalue weighted by Crippen LogP contribution is -2.55. The molecule has 0 aromatic carbocycles. The summed E-state index contributed by atoms with van der Waals surface area (Å²) in [5.41, 5.74) is 1.71. The largest absolute Gasteiger partial charge is 0.255 e. The van der Waals surface area contributed by atoms with Crippen molar-refractivity contribution in [2.75, 3.05) is 0 Å². The van der Waals surface area contributed by atoms with Crippen LogP contribution in [0.4, 0.5) is 0 Å². The van der Waals surface area contributed by atoms with Crippen LogP contribution in [0.2, 0.25) is 0 Å². The third kappa shape index (κ3) is 0.549. The smallest absolute Gasteiger partial charge is 0.0888 e. The van der Waals surface area contributed by atoms with E-state index in [0.29, 0.717) is 5.41 Å². The van der Waals surface area contributed by atoms with Crippen molar-refractivity contribution in [1.82, 2.24) is 15.0 Å². The summed E-state index contributed by atoms with van der Waals surface area (Å²) in [4.78, 5) is 0. The highest BCUT2D eigenvalue weighted by atomic mass is 15.4. The molecule has 3 saturated carbocycles. The number of rotatable bonds is 1.